The van der Waals surface area contributed by atoms with Crippen molar-refractivity contribution in [3.8, 4) is 0 Å². The van der Waals surface area contributed by atoms with E-state index in [-0.39, 0.29) is 5.76 Å². The van der Waals surface area contributed by atoms with Gasteiger partial charge in [-0.15, -0.1) is 0 Å². The molecule has 5 nitrogen and oxygen atoms in total. The first kappa shape index (κ1) is 14.6. The van der Waals surface area contributed by atoms with Crippen LogP contribution in [0.25, 0.3) is 0 Å². The lowest BCUT2D eigenvalue weighted by Crippen LogP contribution is -2.52. The molecule has 1 N–H and O–H groups in total. The number of likely N-dealkylation sites (tertiary alicyclic amines) is 1. The average Bonchev–Trinajstić information content (AvgIpc) is 2.95. The maximum absolute atomic E-state index is 11.4. The quantitative estimate of drug-likeness (QED) is 0.866. The molecule has 0 bridgehead atoms. The van der Waals surface area contributed by atoms with Crippen LogP contribution in [0.1, 0.15) is 48.4 Å². The molecule has 1 aromatic rings. The molecule has 2 heterocycles. The number of carbonyl (C=O) groups excluding carboxylic acids is 1. The van der Waals surface area contributed by atoms with Crippen LogP contribution in [0.2, 0.25) is 0 Å². The third-order valence-electron chi connectivity index (χ3n) is 4.94. The van der Waals surface area contributed by atoms with Gasteiger partial charge in [-0.1, -0.05) is 12.8 Å². The summed E-state index contributed by atoms with van der Waals surface area (Å²) in [6.45, 7) is 2.47. The first-order valence-corrected chi connectivity index (χ1v) is 7.72. The summed E-state index contributed by atoms with van der Waals surface area (Å²) >= 11 is 0. The lowest BCUT2D eigenvalue weighted by atomic mass is 9.71. The number of nitrogens with zero attached hydrogens (tertiary/aromatic N) is 1. The van der Waals surface area contributed by atoms with Gasteiger partial charge in [0.2, 0.25) is 5.76 Å². The van der Waals surface area contributed by atoms with E-state index in [2.05, 4.69) is 9.64 Å². The number of furan rings is 1. The summed E-state index contributed by atoms with van der Waals surface area (Å²) in [5.41, 5.74) is -0.449. The van der Waals surface area contributed by atoms with E-state index in [1.54, 1.807) is 6.07 Å². The number of esters is 1. The molecule has 2 unspecified atom stereocenters. The summed E-state index contributed by atoms with van der Waals surface area (Å²) in [5, 5.41) is 10.7. The predicted octanol–water partition coefficient (Wildman–Crippen LogP) is 2.19. The fraction of sp³-hybridized carbons (Fsp3) is 0.688. The van der Waals surface area contributed by atoms with Gasteiger partial charge in [0, 0.05) is 19.0 Å². The van der Waals surface area contributed by atoms with E-state index in [0.717, 1.165) is 44.5 Å². The van der Waals surface area contributed by atoms with Crippen LogP contribution in [0, 0.1) is 5.92 Å². The Kier molecular flexibility index (Phi) is 4.04. The molecule has 0 spiro atoms. The fourth-order valence-corrected chi connectivity index (χ4v) is 3.68. The highest BCUT2D eigenvalue weighted by molar-refractivity contribution is 5.86. The van der Waals surface area contributed by atoms with Gasteiger partial charge in [-0.05, 0) is 31.4 Å². The van der Waals surface area contributed by atoms with Crippen molar-refractivity contribution in [2.75, 3.05) is 20.2 Å². The molecule has 21 heavy (non-hydrogen) atoms. The number of aliphatic hydroxyl groups is 1. The lowest BCUT2D eigenvalue weighted by Gasteiger charge is -2.47. The smallest absolute Gasteiger partial charge is 0.373 e. The van der Waals surface area contributed by atoms with Crippen molar-refractivity contribution >= 4 is 5.97 Å². The van der Waals surface area contributed by atoms with Crippen molar-refractivity contribution in [3.63, 3.8) is 0 Å². The van der Waals surface area contributed by atoms with Crippen LogP contribution in [0.5, 0.6) is 0 Å². The Morgan fingerprint density at radius 3 is 3.14 bits per heavy atom. The minimum absolute atomic E-state index is 0.249. The third-order valence-corrected chi connectivity index (χ3v) is 4.94. The second-order valence-electron chi connectivity index (χ2n) is 6.29. The van der Waals surface area contributed by atoms with Crippen LogP contribution in [0.15, 0.2) is 16.5 Å². The van der Waals surface area contributed by atoms with Gasteiger partial charge in [0.25, 0.3) is 0 Å². The number of ether oxygens (including phenoxy) is 1. The minimum atomic E-state index is -0.449. The Labute approximate surface area is 124 Å². The van der Waals surface area contributed by atoms with Crippen LogP contribution in [-0.2, 0) is 11.3 Å². The van der Waals surface area contributed by atoms with E-state index in [1.807, 2.05) is 6.07 Å². The predicted molar refractivity (Wildman–Crippen MR) is 76.8 cm³/mol. The maximum Gasteiger partial charge on any atom is 0.373 e. The van der Waals surface area contributed by atoms with E-state index < -0.39 is 11.6 Å². The van der Waals surface area contributed by atoms with Crippen LogP contribution < -0.4 is 0 Å². The van der Waals surface area contributed by atoms with E-state index in [0.29, 0.717) is 12.5 Å². The number of hydrogen-bond acceptors (Lipinski definition) is 5. The van der Waals surface area contributed by atoms with Crippen molar-refractivity contribution in [1.82, 2.24) is 4.90 Å². The molecule has 0 amide bonds. The zero-order valence-corrected chi connectivity index (χ0v) is 12.5. The molecular weight excluding hydrogens is 270 g/mol. The van der Waals surface area contributed by atoms with Gasteiger partial charge >= 0.3 is 5.97 Å². The summed E-state index contributed by atoms with van der Waals surface area (Å²) < 4.78 is 10.2. The summed E-state index contributed by atoms with van der Waals surface area (Å²) in [6.07, 6.45) is 5.25. The first-order valence-electron chi connectivity index (χ1n) is 7.72. The molecule has 3 rings (SSSR count). The molecule has 2 atom stereocenters. The molecule has 2 fully saturated rings. The van der Waals surface area contributed by atoms with Crippen LogP contribution >= 0.6 is 0 Å². The number of piperidine rings is 1. The molecule has 1 saturated heterocycles. The van der Waals surface area contributed by atoms with Crippen molar-refractivity contribution in [2.45, 2.75) is 44.2 Å². The van der Waals surface area contributed by atoms with Crippen LogP contribution in [-0.4, -0.2) is 41.8 Å². The molecule has 0 radical (unpaired) electrons. The van der Waals surface area contributed by atoms with E-state index >= 15 is 0 Å². The van der Waals surface area contributed by atoms with E-state index in [1.165, 1.54) is 13.5 Å². The minimum Gasteiger partial charge on any atom is -0.463 e. The summed E-state index contributed by atoms with van der Waals surface area (Å²) in [5.74, 6) is 0.951. The molecule has 0 aromatic carbocycles. The van der Waals surface area contributed by atoms with Gasteiger partial charge in [-0.3, -0.25) is 4.90 Å². The van der Waals surface area contributed by atoms with Gasteiger partial charge in [0.05, 0.1) is 19.3 Å². The van der Waals surface area contributed by atoms with Gasteiger partial charge in [0.1, 0.15) is 5.76 Å². The highest BCUT2D eigenvalue weighted by atomic mass is 16.5. The van der Waals surface area contributed by atoms with E-state index in [9.17, 15) is 9.90 Å². The highest BCUT2D eigenvalue weighted by Gasteiger charge is 2.42. The van der Waals surface area contributed by atoms with Crippen molar-refractivity contribution in [3.05, 3.63) is 23.7 Å². The van der Waals surface area contributed by atoms with Crippen LogP contribution in [0.3, 0.4) is 0 Å². The SMILES string of the molecule is COC(=O)c1ccc(CN2CCC3(O)CCCCC3C2)o1. The monoisotopic (exact) mass is 293 g/mol. The van der Waals surface area contributed by atoms with Gasteiger partial charge in [-0.25, -0.2) is 4.79 Å². The molecule has 1 aliphatic carbocycles. The normalized spacial score (nSPS) is 29.9. The molecule has 1 saturated carbocycles. The third kappa shape index (κ3) is 2.99. The van der Waals surface area contributed by atoms with Gasteiger partial charge in [-0.2, -0.15) is 0 Å². The maximum atomic E-state index is 11.4. The average molecular weight is 293 g/mol. The highest BCUT2D eigenvalue weighted by Crippen LogP contribution is 2.40. The second-order valence-corrected chi connectivity index (χ2v) is 6.29. The Hall–Kier alpha value is -1.33. The Morgan fingerprint density at radius 2 is 2.33 bits per heavy atom. The van der Waals surface area contributed by atoms with Gasteiger partial charge in [0.15, 0.2) is 0 Å². The van der Waals surface area contributed by atoms with Gasteiger partial charge < -0.3 is 14.3 Å². The van der Waals surface area contributed by atoms with Crippen molar-refractivity contribution < 1.29 is 19.1 Å². The molecule has 1 aromatic heterocycles. The Morgan fingerprint density at radius 1 is 1.48 bits per heavy atom. The molecular formula is C16H23NO4. The molecule has 116 valence electrons. The number of fused-ring (bicyclic) bond motifs is 1. The Balaban J connectivity index is 1.61. The van der Waals surface area contributed by atoms with E-state index in [4.69, 9.17) is 4.42 Å². The number of carbonyl (C=O) groups is 1. The molecule has 2 aliphatic rings. The van der Waals surface area contributed by atoms with Crippen molar-refractivity contribution in [2.24, 2.45) is 5.92 Å². The van der Waals surface area contributed by atoms with Crippen molar-refractivity contribution in [1.29, 1.82) is 0 Å². The first-order chi connectivity index (χ1) is 10.1. The molecule has 1 aliphatic heterocycles. The van der Waals surface area contributed by atoms with Crippen LogP contribution in [0.4, 0.5) is 0 Å². The topological polar surface area (TPSA) is 62.9 Å². The zero-order valence-electron chi connectivity index (χ0n) is 12.5. The second kappa shape index (κ2) is 5.81. The zero-order chi connectivity index (χ0) is 14.9. The largest absolute Gasteiger partial charge is 0.463 e. The number of methoxy groups -OCH3 is 1. The molecule has 5 heteroatoms. The standard InChI is InChI=1S/C16H23NO4/c1-20-15(18)14-6-5-13(21-14)11-17-9-8-16(19)7-3-2-4-12(16)10-17/h5-6,12,19H,2-4,7-11H2,1H3. The number of hydrogen-bond donors (Lipinski definition) is 1. The Bertz CT molecular complexity index is 512. The summed E-state index contributed by atoms with van der Waals surface area (Å²) in [4.78, 5) is 13.7. The lowest BCUT2D eigenvalue weighted by molar-refractivity contribution is -0.0975. The number of rotatable bonds is 3. The summed E-state index contributed by atoms with van der Waals surface area (Å²) in [6, 6.07) is 3.48. The summed E-state index contributed by atoms with van der Waals surface area (Å²) in [7, 11) is 1.35. The fourth-order valence-electron chi connectivity index (χ4n) is 3.68.